The van der Waals surface area contributed by atoms with Crippen molar-refractivity contribution in [2.75, 3.05) is 13.7 Å². The molecule has 104 valence electrons. The van der Waals surface area contributed by atoms with E-state index in [0.717, 1.165) is 25.8 Å². The zero-order chi connectivity index (χ0) is 13.8. The summed E-state index contributed by atoms with van der Waals surface area (Å²) in [5.74, 6) is -0.196. The van der Waals surface area contributed by atoms with E-state index in [1.165, 1.54) is 7.11 Å². The number of hydrogen-bond donors (Lipinski definition) is 0. The molecule has 0 N–H and O–H groups in total. The average Bonchev–Trinajstić information content (AvgIpc) is 2.42. The second-order valence-corrected chi connectivity index (χ2v) is 5.36. The summed E-state index contributed by atoms with van der Waals surface area (Å²) in [5.41, 5.74) is 0.699. The van der Waals surface area contributed by atoms with Crippen molar-refractivity contribution < 1.29 is 9.53 Å². The highest BCUT2D eigenvalue weighted by atomic mass is 35.5. The Hall–Kier alpha value is -0.840. The maximum atomic E-state index is 11.8. The van der Waals surface area contributed by atoms with Gasteiger partial charge in [0.15, 0.2) is 0 Å². The molecule has 0 bridgehead atoms. The van der Waals surface area contributed by atoms with Crippen molar-refractivity contribution in [2.24, 2.45) is 0 Å². The molecule has 0 aliphatic carbocycles. The van der Waals surface area contributed by atoms with E-state index in [4.69, 9.17) is 27.9 Å². The zero-order valence-corrected chi connectivity index (χ0v) is 12.2. The van der Waals surface area contributed by atoms with Crippen LogP contribution in [0.1, 0.15) is 25.0 Å². The first kappa shape index (κ1) is 14.6. The Morgan fingerprint density at radius 2 is 2.26 bits per heavy atom. The van der Waals surface area contributed by atoms with Gasteiger partial charge in [0, 0.05) is 6.54 Å². The first-order chi connectivity index (χ1) is 9.11. The monoisotopic (exact) mass is 302 g/mol. The molecule has 6 heteroatoms. The third-order valence-electron chi connectivity index (χ3n) is 3.32. The molecule has 2 heterocycles. The molecule has 1 aromatic heterocycles. The van der Waals surface area contributed by atoms with Crippen molar-refractivity contribution in [3.05, 3.63) is 28.0 Å². The topological polar surface area (TPSA) is 42.4 Å². The molecule has 19 heavy (non-hydrogen) atoms. The van der Waals surface area contributed by atoms with Crippen LogP contribution >= 0.6 is 23.2 Å². The van der Waals surface area contributed by atoms with Crippen LogP contribution in [0.3, 0.4) is 0 Å². The van der Waals surface area contributed by atoms with Crippen molar-refractivity contribution >= 4 is 29.2 Å². The maximum absolute atomic E-state index is 11.8. The fourth-order valence-electron chi connectivity index (χ4n) is 2.34. The smallest absolute Gasteiger partial charge is 0.323 e. The molecule has 1 fully saturated rings. The number of pyridine rings is 1. The van der Waals surface area contributed by atoms with Crippen molar-refractivity contribution in [1.82, 2.24) is 9.88 Å². The Balaban J connectivity index is 2.15. The Labute approximate surface area is 122 Å². The molecule has 0 aromatic carbocycles. The van der Waals surface area contributed by atoms with Gasteiger partial charge in [0.2, 0.25) is 0 Å². The zero-order valence-electron chi connectivity index (χ0n) is 10.7. The molecule has 1 aromatic rings. The van der Waals surface area contributed by atoms with Crippen molar-refractivity contribution in [3.8, 4) is 0 Å². The third-order valence-corrected chi connectivity index (χ3v) is 3.88. The molecule has 0 saturated carbocycles. The van der Waals surface area contributed by atoms with Gasteiger partial charge in [-0.1, -0.05) is 29.6 Å². The number of carbonyl (C=O) groups is 1. The molecule has 1 unspecified atom stereocenters. The van der Waals surface area contributed by atoms with Gasteiger partial charge in [-0.3, -0.25) is 9.69 Å². The van der Waals surface area contributed by atoms with E-state index in [0.29, 0.717) is 22.4 Å². The number of ether oxygens (including phenoxy) is 1. The summed E-state index contributed by atoms with van der Waals surface area (Å²) in [4.78, 5) is 18.1. The molecule has 0 spiro atoms. The Bertz CT molecular complexity index is 468. The molecule has 1 saturated heterocycles. The van der Waals surface area contributed by atoms with Gasteiger partial charge in [0.25, 0.3) is 0 Å². The standard InChI is InChI=1S/C13H16Cl2N2O2/c1-19-13(18)11-4-2-3-7-17(11)8-10-9(14)5-6-12(15)16-10/h5-6,11H,2-4,7-8H2,1H3. The van der Waals surface area contributed by atoms with Gasteiger partial charge < -0.3 is 4.74 Å². The second-order valence-electron chi connectivity index (χ2n) is 4.57. The van der Waals surface area contributed by atoms with Crippen LogP contribution in [-0.2, 0) is 16.1 Å². The second kappa shape index (κ2) is 6.55. The number of halogens is 2. The summed E-state index contributed by atoms with van der Waals surface area (Å²) in [6.45, 7) is 1.35. The van der Waals surface area contributed by atoms with Crippen LogP contribution in [0.4, 0.5) is 0 Å². The fraction of sp³-hybridized carbons (Fsp3) is 0.538. The van der Waals surface area contributed by atoms with Gasteiger partial charge in [-0.25, -0.2) is 4.98 Å². The number of methoxy groups -OCH3 is 1. The van der Waals surface area contributed by atoms with E-state index in [1.54, 1.807) is 12.1 Å². The molecule has 2 rings (SSSR count). The highest BCUT2D eigenvalue weighted by molar-refractivity contribution is 6.32. The minimum absolute atomic E-state index is 0.196. The maximum Gasteiger partial charge on any atom is 0.323 e. The first-order valence-electron chi connectivity index (χ1n) is 6.24. The Kier molecular flexibility index (Phi) is 5.02. The number of hydrogen-bond acceptors (Lipinski definition) is 4. The molecule has 1 aliphatic heterocycles. The lowest BCUT2D eigenvalue weighted by Gasteiger charge is -2.33. The van der Waals surface area contributed by atoms with Crippen LogP contribution in [-0.4, -0.2) is 35.5 Å². The lowest BCUT2D eigenvalue weighted by Crippen LogP contribution is -2.44. The van der Waals surface area contributed by atoms with E-state index >= 15 is 0 Å². The fourth-order valence-corrected chi connectivity index (χ4v) is 2.67. The first-order valence-corrected chi connectivity index (χ1v) is 7.00. The van der Waals surface area contributed by atoms with Crippen LogP contribution in [0, 0.1) is 0 Å². The van der Waals surface area contributed by atoms with Crippen LogP contribution < -0.4 is 0 Å². The molecule has 4 nitrogen and oxygen atoms in total. The van der Waals surface area contributed by atoms with Crippen molar-refractivity contribution in [3.63, 3.8) is 0 Å². The number of nitrogens with zero attached hydrogens (tertiary/aromatic N) is 2. The van der Waals surface area contributed by atoms with Gasteiger partial charge in [-0.15, -0.1) is 0 Å². The van der Waals surface area contributed by atoms with Gasteiger partial charge in [0.05, 0.1) is 17.8 Å². The summed E-state index contributed by atoms with van der Waals surface area (Å²) in [6, 6.07) is 3.17. The largest absolute Gasteiger partial charge is 0.468 e. The third kappa shape index (κ3) is 3.59. The van der Waals surface area contributed by atoms with Crippen molar-refractivity contribution in [2.45, 2.75) is 31.8 Å². The summed E-state index contributed by atoms with van der Waals surface area (Å²) in [6.07, 6.45) is 2.91. The molecular formula is C13H16Cl2N2O2. The Morgan fingerprint density at radius 1 is 1.47 bits per heavy atom. The quantitative estimate of drug-likeness (QED) is 0.636. The molecular weight excluding hydrogens is 287 g/mol. The molecule has 0 radical (unpaired) electrons. The van der Waals surface area contributed by atoms with E-state index in [1.807, 2.05) is 0 Å². The van der Waals surface area contributed by atoms with Gasteiger partial charge in [-0.2, -0.15) is 0 Å². The van der Waals surface area contributed by atoms with Crippen LogP contribution in [0.15, 0.2) is 12.1 Å². The summed E-state index contributed by atoms with van der Waals surface area (Å²) in [5, 5.41) is 0.976. The highest BCUT2D eigenvalue weighted by Crippen LogP contribution is 2.24. The minimum Gasteiger partial charge on any atom is -0.468 e. The number of aromatic nitrogens is 1. The van der Waals surface area contributed by atoms with Crippen LogP contribution in [0.5, 0.6) is 0 Å². The minimum atomic E-state index is -0.212. The summed E-state index contributed by atoms with van der Waals surface area (Å²) in [7, 11) is 1.42. The van der Waals surface area contributed by atoms with E-state index in [-0.39, 0.29) is 12.0 Å². The summed E-state index contributed by atoms with van der Waals surface area (Å²) >= 11 is 12.0. The number of piperidine rings is 1. The number of likely N-dealkylation sites (tertiary alicyclic amines) is 1. The van der Waals surface area contributed by atoms with Gasteiger partial charge in [-0.05, 0) is 31.5 Å². The SMILES string of the molecule is COC(=O)C1CCCCN1Cc1nc(Cl)ccc1Cl. The predicted molar refractivity (Wildman–Crippen MR) is 74.3 cm³/mol. The number of carbonyl (C=O) groups excluding carboxylic acids is 1. The van der Waals surface area contributed by atoms with Gasteiger partial charge in [0.1, 0.15) is 11.2 Å². The molecule has 0 amide bonds. The van der Waals surface area contributed by atoms with Crippen molar-refractivity contribution in [1.29, 1.82) is 0 Å². The molecule has 1 aliphatic rings. The van der Waals surface area contributed by atoms with Gasteiger partial charge >= 0.3 is 5.97 Å². The predicted octanol–water partition coefficient (Wildman–Crippen LogP) is 2.92. The van der Waals surface area contributed by atoms with Crippen LogP contribution in [0.2, 0.25) is 10.2 Å². The molecule has 1 atom stereocenters. The summed E-state index contributed by atoms with van der Waals surface area (Å²) < 4.78 is 4.85. The average molecular weight is 303 g/mol. The van der Waals surface area contributed by atoms with E-state index in [2.05, 4.69) is 9.88 Å². The lowest BCUT2D eigenvalue weighted by atomic mass is 10.0. The highest BCUT2D eigenvalue weighted by Gasteiger charge is 2.30. The number of rotatable bonds is 3. The lowest BCUT2D eigenvalue weighted by molar-refractivity contribution is -0.148. The van der Waals surface area contributed by atoms with Crippen LogP contribution in [0.25, 0.3) is 0 Å². The Morgan fingerprint density at radius 3 is 3.00 bits per heavy atom. The van der Waals surface area contributed by atoms with E-state index < -0.39 is 0 Å². The normalized spacial score (nSPS) is 20.3. The number of esters is 1. The van der Waals surface area contributed by atoms with E-state index in [9.17, 15) is 4.79 Å².